The molecule has 12 heterocycles. The van der Waals surface area contributed by atoms with Crippen LogP contribution in [-0.2, 0) is 33.0 Å². The molecule has 6 aliphatic rings. The third-order valence-corrected chi connectivity index (χ3v) is 19.7. The number of aromatic amines is 2. The van der Waals surface area contributed by atoms with Crippen LogP contribution in [0.4, 0.5) is 4.39 Å². The molecule has 0 spiro atoms. The molecule has 20 heteroatoms. The molecule has 0 bridgehead atoms. The van der Waals surface area contributed by atoms with Gasteiger partial charge in [-0.05, 0) is 228 Å². The van der Waals surface area contributed by atoms with Crippen molar-refractivity contribution in [2.75, 3.05) is 39.3 Å². The molecule has 702 valence electrons. The van der Waals surface area contributed by atoms with Gasteiger partial charge in [0.1, 0.15) is 28.5 Å². The maximum Gasteiger partial charge on any atom is 0.232 e. The Kier molecular flexibility index (Phi) is 44.8. The van der Waals surface area contributed by atoms with Crippen LogP contribution in [0.25, 0.3) is 12.2 Å². The molecular weight excluding hydrogens is 1630 g/mol. The molecule has 0 unspecified atom stereocenters. The Labute approximate surface area is 790 Å². The van der Waals surface area contributed by atoms with Crippen LogP contribution >= 0.6 is 11.6 Å². The van der Waals surface area contributed by atoms with Crippen LogP contribution in [0, 0.1) is 100 Å². The summed E-state index contributed by atoms with van der Waals surface area (Å²) in [7, 11) is 0. The fraction of sp³-hybridized carbons (Fsp3) is 0.491. The molecule has 6 aromatic heterocycles. The van der Waals surface area contributed by atoms with E-state index in [1.54, 1.807) is 35.2 Å². The molecule has 0 atom stereocenters. The molecule has 6 aromatic rings. The number of hydrogen-bond donors (Lipinski definition) is 2. The lowest BCUT2D eigenvalue weighted by molar-refractivity contribution is 0.342. The highest BCUT2D eigenvalue weighted by Gasteiger charge is 2.28. The molecule has 0 aliphatic carbocycles. The zero-order valence-corrected chi connectivity index (χ0v) is 87.0. The van der Waals surface area contributed by atoms with Gasteiger partial charge in [0.15, 0.2) is 5.15 Å². The zero-order valence-electron chi connectivity index (χ0n) is 86.2. The van der Waals surface area contributed by atoms with Gasteiger partial charge in [-0.3, -0.25) is 58.9 Å². The highest BCUT2D eigenvalue weighted by Crippen LogP contribution is 2.34. The van der Waals surface area contributed by atoms with Crippen molar-refractivity contribution >= 4 is 58.0 Å². The number of halogens is 2. The first-order valence-corrected chi connectivity index (χ1v) is 44.5. The first-order chi connectivity index (χ1) is 59.4. The van der Waals surface area contributed by atoms with Gasteiger partial charge in [-0.15, -0.1) is 37.2 Å². The molecule has 18 nitrogen and oxygen atoms in total. The Morgan fingerprint density at radius 2 is 0.769 bits per heavy atom. The van der Waals surface area contributed by atoms with Crippen LogP contribution in [0.15, 0.2) is 212 Å². The molecule has 2 N–H and O–H groups in total. The van der Waals surface area contributed by atoms with Gasteiger partial charge in [-0.25, -0.2) is 0 Å². The van der Waals surface area contributed by atoms with E-state index in [9.17, 15) is 4.39 Å². The lowest BCUT2D eigenvalue weighted by atomic mass is 9.84. The Morgan fingerprint density at radius 1 is 0.369 bits per heavy atom. The number of aromatic nitrogens is 12. The molecule has 0 amide bonds. The summed E-state index contributed by atoms with van der Waals surface area (Å²) in [6.07, 6.45) is 55.2. The molecule has 0 fully saturated rings. The number of hydrogen-bond acceptors (Lipinski definition) is 12. The Morgan fingerprint density at radius 3 is 1.00 bits per heavy atom. The van der Waals surface area contributed by atoms with Gasteiger partial charge in [0.25, 0.3) is 0 Å². The second kappa shape index (κ2) is 50.0. The number of terminal acetylenes is 5. The minimum Gasteiger partial charge on any atom is -0.281 e. The second-order valence-corrected chi connectivity index (χ2v) is 43.8. The van der Waals surface area contributed by atoms with Gasteiger partial charge in [0, 0.05) is 47.4 Å². The zero-order chi connectivity index (χ0) is 100. The summed E-state index contributed by atoms with van der Waals surface area (Å²) in [6.45, 7) is 100.0. The van der Waals surface area contributed by atoms with Crippen molar-refractivity contribution in [2.45, 2.75) is 282 Å². The SMILES string of the molecule is C#CC1=NCC(C(C)(C)C)=C1.C#CC1=NCC=C1C(C)(C)C.C#CC1=NCC=C1C(C)(C)C.C#Cc1cc(C(C)(C)C)n[nH]1.C#Cc1ccn(C(C)(C)C)n1.C=CC1=NCC(C(C)(C)C)=C1.C=CC1=NCC=C1C(C)(C)C.C=CC1=NCC=C1C(C)(C)C.C=Cc1cc(C(C)(C)C)[nH]n1.C=Cc1ccn(C(C)(C)C)n1.CC(C)(C)n1ccc(Cl)n1.CC(C)(C)n1ccc(F)n1. The largest absolute Gasteiger partial charge is 0.281 e. The number of rotatable bonds is 5. The maximum absolute atomic E-state index is 12.3. The van der Waals surface area contributed by atoms with E-state index in [2.05, 4.69) is 392 Å². The summed E-state index contributed by atoms with van der Waals surface area (Å²) in [5.41, 5.74) is 20.2. The standard InChI is InChI=1S/C10H15N.C10H13N.2C10H15N.2C10H13N.C9H14N2.C9H12N2.C9H14N2.C9H12N2.C7H11ClN2.C7H11FN2/c2*1-5-9-6-8(7-11-9)10(2,3)4;4*1-5-9-8(6-7-11-9)10(2,3)4;2*1-5-8-6-7-11(10-8)9(2,3)4;2*1-5-7-6-8(11-10-7)9(2,3)4;2*1-7(2,3)10-5-4-6(8)9-10/h5-6H,1,7H2,2-4H3;1,6H,7H2,2-4H3;2*5-6H,1,7H2,2-4H3;2*1,6H,7H2,2-4H3;5-7H,1H2,2-4H3;1,6-7H,2-4H3;5-6H,1H2,2-4H3,(H,10,11);1,6H,2-4H3,(H,10,11);2*4-5H,1-3H3. The lowest BCUT2D eigenvalue weighted by Crippen LogP contribution is -2.22. The van der Waals surface area contributed by atoms with E-state index in [-0.39, 0.29) is 65.5 Å². The highest BCUT2D eigenvalue weighted by molar-refractivity contribution is 6.29. The van der Waals surface area contributed by atoms with Crippen LogP contribution in [0.1, 0.15) is 283 Å². The van der Waals surface area contributed by atoms with E-state index in [1.165, 1.54) is 39.5 Å². The van der Waals surface area contributed by atoms with Crippen molar-refractivity contribution in [3.63, 3.8) is 0 Å². The molecule has 0 saturated carbocycles. The summed E-state index contributed by atoms with van der Waals surface area (Å²) in [5, 5.41) is 30.6. The summed E-state index contributed by atoms with van der Waals surface area (Å²) in [6, 6.07) is 10.9. The monoisotopic (exact) mass is 1790 g/mol. The molecule has 0 radical (unpaired) electrons. The molecule has 12 rings (SSSR count). The highest BCUT2D eigenvalue weighted by atomic mass is 35.5. The molecule has 6 aliphatic heterocycles. The van der Waals surface area contributed by atoms with Crippen molar-refractivity contribution in [3.05, 3.63) is 227 Å². The number of nitrogens with zero attached hydrogens (tertiary/aromatic N) is 16. The average Bonchev–Trinajstić information content (AvgIpc) is 1.99. The Balaban J connectivity index is 0.000000709. The summed E-state index contributed by atoms with van der Waals surface area (Å²) < 4.78 is 19.6. The first kappa shape index (κ1) is 116. The van der Waals surface area contributed by atoms with Gasteiger partial charge >= 0.3 is 0 Å². The number of aliphatic imine (C=N–C) groups is 6. The molecular formula is C110H158ClFN18. The summed E-state index contributed by atoms with van der Waals surface area (Å²) in [4.78, 5) is 25.5. The van der Waals surface area contributed by atoms with Crippen molar-refractivity contribution in [1.82, 2.24) is 59.5 Å². The Hall–Kier alpha value is -11.6. The predicted molar refractivity (Wildman–Crippen MR) is 561 cm³/mol. The number of allylic oxidation sites excluding steroid dienone is 9. The van der Waals surface area contributed by atoms with Gasteiger partial charge < -0.3 is 0 Å². The van der Waals surface area contributed by atoms with Crippen molar-refractivity contribution in [2.24, 2.45) is 62.4 Å². The van der Waals surface area contributed by atoms with Crippen LogP contribution in [0.5, 0.6) is 0 Å². The normalized spacial score (nSPS) is 14.6. The van der Waals surface area contributed by atoms with E-state index >= 15 is 0 Å². The summed E-state index contributed by atoms with van der Waals surface area (Å²) >= 11 is 5.63. The quantitative estimate of drug-likeness (QED) is 0.161. The van der Waals surface area contributed by atoms with Crippen molar-refractivity contribution in [3.8, 4) is 61.7 Å². The maximum atomic E-state index is 12.3. The van der Waals surface area contributed by atoms with Crippen LogP contribution in [-0.4, -0.2) is 133 Å². The topological polar surface area (TPSA) is 203 Å². The van der Waals surface area contributed by atoms with E-state index in [0.29, 0.717) is 10.8 Å². The van der Waals surface area contributed by atoms with Crippen molar-refractivity contribution < 1.29 is 4.39 Å². The smallest absolute Gasteiger partial charge is 0.232 e. The average molecular weight is 1790 g/mol. The van der Waals surface area contributed by atoms with Crippen LogP contribution in [0.2, 0.25) is 5.15 Å². The molecule has 0 saturated heterocycles. The molecule has 130 heavy (non-hydrogen) atoms. The third-order valence-electron chi connectivity index (χ3n) is 19.5. The van der Waals surface area contributed by atoms with Gasteiger partial charge in [-0.1, -0.05) is 259 Å². The van der Waals surface area contributed by atoms with E-state index in [4.69, 9.17) is 43.7 Å². The van der Waals surface area contributed by atoms with E-state index in [0.717, 1.165) is 102 Å². The summed E-state index contributed by atoms with van der Waals surface area (Å²) in [5.74, 6) is 12.3. The van der Waals surface area contributed by atoms with Gasteiger partial charge in [-0.2, -0.15) is 29.9 Å². The minimum absolute atomic E-state index is 0.0229. The lowest BCUT2D eigenvalue weighted by Gasteiger charge is -2.20. The fourth-order valence-corrected chi connectivity index (χ4v) is 11.6. The number of nitrogens with one attached hydrogen (secondary N) is 2. The predicted octanol–water partition coefficient (Wildman–Crippen LogP) is 25.9. The molecule has 0 aromatic carbocycles. The first-order valence-electron chi connectivity index (χ1n) is 44.1. The van der Waals surface area contributed by atoms with E-state index < -0.39 is 5.95 Å². The minimum atomic E-state index is -0.421. The van der Waals surface area contributed by atoms with Crippen LogP contribution < -0.4 is 0 Å². The number of H-pyrrole nitrogens is 2. The van der Waals surface area contributed by atoms with Crippen LogP contribution in [0.3, 0.4) is 0 Å². The van der Waals surface area contributed by atoms with Gasteiger partial charge in [0.05, 0.1) is 95.6 Å². The Bertz CT molecular complexity index is 5080. The van der Waals surface area contributed by atoms with E-state index in [1.807, 2.05) is 95.9 Å². The van der Waals surface area contributed by atoms with Crippen molar-refractivity contribution in [1.29, 1.82) is 0 Å². The third kappa shape index (κ3) is 41.9. The van der Waals surface area contributed by atoms with Gasteiger partial charge in [0.2, 0.25) is 5.95 Å². The fourth-order valence-electron chi connectivity index (χ4n) is 11.5. The second-order valence-electron chi connectivity index (χ2n) is 43.4.